The molecule has 1 atom stereocenters. The van der Waals surface area contributed by atoms with Gasteiger partial charge in [0.25, 0.3) is 0 Å². The van der Waals surface area contributed by atoms with Gasteiger partial charge in [0, 0.05) is 4.47 Å². The summed E-state index contributed by atoms with van der Waals surface area (Å²) in [7, 11) is 0. The topological polar surface area (TPSA) is 26.3 Å². The molecule has 0 fully saturated rings. The first-order valence-electron chi connectivity index (χ1n) is 5.14. The van der Waals surface area contributed by atoms with E-state index in [1.54, 1.807) is 0 Å². The molecule has 0 N–H and O–H groups in total. The van der Waals surface area contributed by atoms with E-state index in [1.807, 2.05) is 13.0 Å². The van der Waals surface area contributed by atoms with Crippen molar-refractivity contribution in [1.29, 1.82) is 0 Å². The average Bonchev–Trinajstić information content (AvgIpc) is 2.60. The Bertz CT molecular complexity index is 387. The van der Waals surface area contributed by atoms with Gasteiger partial charge in [0.05, 0.1) is 12.5 Å². The van der Waals surface area contributed by atoms with E-state index in [0.29, 0.717) is 6.61 Å². The van der Waals surface area contributed by atoms with Crippen LogP contribution in [0.5, 0.6) is 0 Å². The molecule has 0 bridgehead atoms. The lowest BCUT2D eigenvalue weighted by molar-refractivity contribution is -0.147. The van der Waals surface area contributed by atoms with Crippen molar-refractivity contribution < 1.29 is 9.53 Å². The molecule has 80 valence electrons. The van der Waals surface area contributed by atoms with Crippen molar-refractivity contribution in [3.8, 4) is 0 Å². The number of hydrogen-bond donors (Lipinski definition) is 0. The Morgan fingerprint density at radius 3 is 2.93 bits per heavy atom. The molecule has 1 aliphatic carbocycles. The first-order valence-corrected chi connectivity index (χ1v) is 5.94. The Hall–Kier alpha value is -0.830. The van der Waals surface area contributed by atoms with Crippen molar-refractivity contribution >= 4 is 21.9 Å². The average molecular weight is 269 g/mol. The van der Waals surface area contributed by atoms with E-state index in [1.165, 1.54) is 11.1 Å². The maximum Gasteiger partial charge on any atom is 0.309 e. The molecule has 0 saturated heterocycles. The number of rotatable bonds is 2. The molecule has 0 heterocycles. The van der Waals surface area contributed by atoms with Gasteiger partial charge in [0.1, 0.15) is 0 Å². The minimum atomic E-state index is -0.0650. The fourth-order valence-corrected chi connectivity index (χ4v) is 2.42. The van der Waals surface area contributed by atoms with Crippen LogP contribution in [-0.2, 0) is 22.4 Å². The smallest absolute Gasteiger partial charge is 0.309 e. The van der Waals surface area contributed by atoms with E-state index in [0.717, 1.165) is 17.3 Å². The zero-order valence-electron chi connectivity index (χ0n) is 8.63. The van der Waals surface area contributed by atoms with Crippen LogP contribution in [0.2, 0.25) is 0 Å². The SMILES string of the molecule is CCOC(=O)[C@H]1Cc2ccc(Br)cc2C1. The molecule has 0 aliphatic heterocycles. The normalized spacial score (nSPS) is 18.7. The zero-order valence-corrected chi connectivity index (χ0v) is 10.2. The van der Waals surface area contributed by atoms with Gasteiger partial charge in [-0.2, -0.15) is 0 Å². The van der Waals surface area contributed by atoms with E-state index in [2.05, 4.69) is 28.1 Å². The van der Waals surface area contributed by atoms with Crippen molar-refractivity contribution in [1.82, 2.24) is 0 Å². The largest absolute Gasteiger partial charge is 0.466 e. The molecular formula is C12H13BrO2. The molecular weight excluding hydrogens is 256 g/mol. The molecule has 3 heteroatoms. The third-order valence-electron chi connectivity index (χ3n) is 2.72. The number of benzene rings is 1. The highest BCUT2D eigenvalue weighted by molar-refractivity contribution is 9.10. The number of fused-ring (bicyclic) bond motifs is 1. The third kappa shape index (κ3) is 2.23. The van der Waals surface area contributed by atoms with Crippen LogP contribution < -0.4 is 0 Å². The standard InChI is InChI=1S/C12H13BrO2/c1-2-15-12(14)10-5-8-3-4-11(13)7-9(8)6-10/h3-4,7,10H,2,5-6H2,1H3/t10-/m0/s1. The van der Waals surface area contributed by atoms with Crippen LogP contribution in [-0.4, -0.2) is 12.6 Å². The molecule has 15 heavy (non-hydrogen) atoms. The molecule has 0 spiro atoms. The van der Waals surface area contributed by atoms with Crippen molar-refractivity contribution in [2.75, 3.05) is 6.61 Å². The summed E-state index contributed by atoms with van der Waals surface area (Å²) < 4.78 is 6.11. The predicted molar refractivity (Wildman–Crippen MR) is 61.7 cm³/mol. The van der Waals surface area contributed by atoms with Gasteiger partial charge >= 0.3 is 5.97 Å². The van der Waals surface area contributed by atoms with Gasteiger partial charge in [0.15, 0.2) is 0 Å². The number of esters is 1. The van der Waals surface area contributed by atoms with E-state index >= 15 is 0 Å². The predicted octanol–water partition coefficient (Wildman–Crippen LogP) is 2.73. The second-order valence-corrected chi connectivity index (χ2v) is 4.69. The highest BCUT2D eigenvalue weighted by Crippen LogP contribution is 2.29. The van der Waals surface area contributed by atoms with E-state index < -0.39 is 0 Å². The number of ether oxygens (including phenoxy) is 1. The maximum absolute atomic E-state index is 11.6. The van der Waals surface area contributed by atoms with Crippen molar-refractivity contribution in [2.24, 2.45) is 5.92 Å². The zero-order chi connectivity index (χ0) is 10.8. The molecule has 2 nitrogen and oxygen atoms in total. The molecule has 0 aromatic heterocycles. The van der Waals surface area contributed by atoms with Gasteiger partial charge in [-0.3, -0.25) is 4.79 Å². The summed E-state index contributed by atoms with van der Waals surface area (Å²) in [6, 6.07) is 6.19. The molecule has 0 radical (unpaired) electrons. The van der Waals surface area contributed by atoms with E-state index in [-0.39, 0.29) is 11.9 Å². The minimum absolute atomic E-state index is 0.0225. The summed E-state index contributed by atoms with van der Waals surface area (Å²) in [4.78, 5) is 11.6. The van der Waals surface area contributed by atoms with Gasteiger partial charge in [-0.05, 0) is 43.0 Å². The maximum atomic E-state index is 11.6. The second-order valence-electron chi connectivity index (χ2n) is 3.77. The molecule has 0 unspecified atom stereocenters. The van der Waals surface area contributed by atoms with Crippen LogP contribution in [0.3, 0.4) is 0 Å². The first-order chi connectivity index (χ1) is 7.20. The quantitative estimate of drug-likeness (QED) is 0.772. The van der Waals surface area contributed by atoms with Crippen LogP contribution in [0.4, 0.5) is 0 Å². The van der Waals surface area contributed by atoms with Gasteiger partial charge in [-0.25, -0.2) is 0 Å². The van der Waals surface area contributed by atoms with Crippen LogP contribution >= 0.6 is 15.9 Å². The molecule has 1 aromatic carbocycles. The third-order valence-corrected chi connectivity index (χ3v) is 3.21. The summed E-state index contributed by atoms with van der Waals surface area (Å²) in [6.07, 6.45) is 1.63. The van der Waals surface area contributed by atoms with Crippen molar-refractivity contribution in [3.05, 3.63) is 33.8 Å². The lowest BCUT2D eigenvalue weighted by atomic mass is 10.1. The lowest BCUT2D eigenvalue weighted by Crippen LogP contribution is -2.17. The highest BCUT2D eigenvalue weighted by atomic mass is 79.9. The van der Waals surface area contributed by atoms with Crippen molar-refractivity contribution in [2.45, 2.75) is 19.8 Å². The van der Waals surface area contributed by atoms with Crippen LogP contribution in [0.1, 0.15) is 18.1 Å². The molecule has 1 aliphatic rings. The minimum Gasteiger partial charge on any atom is -0.466 e. The highest BCUT2D eigenvalue weighted by Gasteiger charge is 2.28. The molecule has 0 saturated carbocycles. The number of hydrogen-bond acceptors (Lipinski definition) is 2. The molecule has 0 amide bonds. The Morgan fingerprint density at radius 2 is 2.20 bits per heavy atom. The van der Waals surface area contributed by atoms with Crippen LogP contribution in [0.25, 0.3) is 0 Å². The molecule has 1 aromatic rings. The summed E-state index contributed by atoms with van der Waals surface area (Å²) >= 11 is 3.44. The number of carbonyl (C=O) groups excluding carboxylic acids is 1. The molecule has 2 rings (SSSR count). The van der Waals surface area contributed by atoms with Gasteiger partial charge in [-0.1, -0.05) is 22.0 Å². The monoisotopic (exact) mass is 268 g/mol. The summed E-state index contributed by atoms with van der Waals surface area (Å²) in [5.41, 5.74) is 2.54. The Labute approximate surface area is 97.8 Å². The summed E-state index contributed by atoms with van der Waals surface area (Å²) in [5, 5.41) is 0. The lowest BCUT2D eigenvalue weighted by Gasteiger charge is -2.06. The Kier molecular flexibility index (Phi) is 3.10. The number of carbonyl (C=O) groups is 1. The Morgan fingerprint density at radius 1 is 1.47 bits per heavy atom. The van der Waals surface area contributed by atoms with Gasteiger partial charge in [0.2, 0.25) is 0 Å². The van der Waals surface area contributed by atoms with Gasteiger partial charge < -0.3 is 4.74 Å². The number of halogens is 1. The van der Waals surface area contributed by atoms with E-state index in [9.17, 15) is 4.79 Å². The second kappa shape index (κ2) is 4.35. The fourth-order valence-electron chi connectivity index (χ4n) is 2.01. The van der Waals surface area contributed by atoms with Gasteiger partial charge in [-0.15, -0.1) is 0 Å². The van der Waals surface area contributed by atoms with Crippen molar-refractivity contribution in [3.63, 3.8) is 0 Å². The van der Waals surface area contributed by atoms with E-state index in [4.69, 9.17) is 4.74 Å². The van der Waals surface area contributed by atoms with Crippen LogP contribution in [0.15, 0.2) is 22.7 Å². The van der Waals surface area contributed by atoms with Crippen LogP contribution in [0, 0.1) is 5.92 Å². The summed E-state index contributed by atoms with van der Waals surface area (Å²) in [6.45, 7) is 2.31. The Balaban J connectivity index is 2.12. The fraction of sp³-hybridized carbons (Fsp3) is 0.417. The summed E-state index contributed by atoms with van der Waals surface area (Å²) in [5.74, 6) is -0.0425. The first kappa shape index (κ1) is 10.7.